The standard InChI is InChI=1S/C11H11ClO3S/c1-7(11(14)15)16-6-10(13)8-2-4-9(12)5-3-8/h2-5,7H,6H2,1H3,(H,14,15)/t7-/m0/s1. The number of hydrogen-bond acceptors (Lipinski definition) is 3. The number of rotatable bonds is 5. The minimum Gasteiger partial charge on any atom is -0.480 e. The fourth-order valence-electron chi connectivity index (χ4n) is 0.991. The van der Waals surface area contributed by atoms with Crippen LogP contribution >= 0.6 is 23.4 Å². The first-order chi connectivity index (χ1) is 7.50. The highest BCUT2D eigenvalue weighted by Gasteiger charge is 2.14. The SMILES string of the molecule is C[C@H](SCC(=O)c1ccc(Cl)cc1)C(=O)O. The first-order valence-corrected chi connectivity index (χ1v) is 6.06. The van der Waals surface area contributed by atoms with Gasteiger partial charge in [-0.3, -0.25) is 9.59 Å². The molecule has 86 valence electrons. The number of Topliss-reactive ketones (excluding diaryl/α,β-unsaturated/α-hetero) is 1. The van der Waals surface area contributed by atoms with Crippen molar-refractivity contribution in [2.75, 3.05) is 5.75 Å². The van der Waals surface area contributed by atoms with E-state index in [1.54, 1.807) is 31.2 Å². The van der Waals surface area contributed by atoms with E-state index in [1.165, 1.54) is 0 Å². The van der Waals surface area contributed by atoms with Crippen molar-refractivity contribution in [1.82, 2.24) is 0 Å². The molecule has 1 aromatic rings. The molecule has 0 aliphatic heterocycles. The van der Waals surface area contributed by atoms with Crippen molar-refractivity contribution >= 4 is 35.1 Å². The van der Waals surface area contributed by atoms with Crippen LogP contribution in [0, 0.1) is 0 Å². The minimum absolute atomic E-state index is 0.0882. The summed E-state index contributed by atoms with van der Waals surface area (Å²) in [5.74, 6) is -0.835. The summed E-state index contributed by atoms with van der Waals surface area (Å²) in [6.07, 6.45) is 0. The van der Waals surface area contributed by atoms with Gasteiger partial charge < -0.3 is 5.11 Å². The van der Waals surface area contributed by atoms with Crippen LogP contribution in [0.15, 0.2) is 24.3 Å². The second kappa shape index (κ2) is 5.92. The quantitative estimate of drug-likeness (QED) is 0.825. The molecule has 16 heavy (non-hydrogen) atoms. The third kappa shape index (κ3) is 3.87. The van der Waals surface area contributed by atoms with Crippen LogP contribution in [-0.4, -0.2) is 27.9 Å². The molecule has 0 aliphatic carbocycles. The first kappa shape index (κ1) is 13.1. The van der Waals surface area contributed by atoms with Crippen molar-refractivity contribution in [2.45, 2.75) is 12.2 Å². The molecule has 0 radical (unpaired) electrons. The molecule has 0 aromatic heterocycles. The van der Waals surface area contributed by atoms with Crippen molar-refractivity contribution in [3.63, 3.8) is 0 Å². The summed E-state index contributed by atoms with van der Waals surface area (Å²) in [5.41, 5.74) is 0.550. The topological polar surface area (TPSA) is 54.4 Å². The van der Waals surface area contributed by atoms with E-state index in [-0.39, 0.29) is 11.5 Å². The number of carbonyl (C=O) groups is 2. The summed E-state index contributed by atoms with van der Waals surface area (Å²) in [7, 11) is 0. The van der Waals surface area contributed by atoms with Gasteiger partial charge in [0.2, 0.25) is 0 Å². The number of ketones is 1. The number of hydrogen-bond donors (Lipinski definition) is 1. The van der Waals surface area contributed by atoms with E-state index in [0.29, 0.717) is 10.6 Å². The number of thioether (sulfide) groups is 1. The third-order valence-corrected chi connectivity index (χ3v) is 3.36. The maximum atomic E-state index is 11.6. The zero-order valence-corrected chi connectivity index (χ0v) is 10.2. The Kier molecular flexibility index (Phi) is 4.83. The molecule has 0 aliphatic rings. The lowest BCUT2D eigenvalue weighted by Gasteiger charge is -2.05. The Morgan fingerprint density at radius 3 is 2.44 bits per heavy atom. The average molecular weight is 259 g/mol. The van der Waals surface area contributed by atoms with Crippen LogP contribution in [0.1, 0.15) is 17.3 Å². The minimum atomic E-state index is -0.908. The zero-order valence-electron chi connectivity index (χ0n) is 8.64. The van der Waals surface area contributed by atoms with Crippen molar-refractivity contribution in [3.8, 4) is 0 Å². The van der Waals surface area contributed by atoms with Gasteiger partial charge in [0.05, 0.1) is 11.0 Å². The average Bonchev–Trinajstić information content (AvgIpc) is 2.26. The molecule has 0 spiro atoms. The first-order valence-electron chi connectivity index (χ1n) is 4.64. The van der Waals surface area contributed by atoms with E-state index in [2.05, 4.69) is 0 Å². The maximum Gasteiger partial charge on any atom is 0.316 e. The Morgan fingerprint density at radius 2 is 1.94 bits per heavy atom. The molecule has 0 heterocycles. The molecular formula is C11H11ClO3S. The van der Waals surface area contributed by atoms with Crippen LogP contribution in [0.4, 0.5) is 0 Å². The summed E-state index contributed by atoms with van der Waals surface area (Å²) < 4.78 is 0. The van der Waals surface area contributed by atoms with Gasteiger partial charge in [-0.1, -0.05) is 11.6 Å². The highest BCUT2D eigenvalue weighted by atomic mass is 35.5. The molecule has 0 amide bonds. The molecule has 1 atom stereocenters. The molecule has 0 saturated carbocycles. The Balaban J connectivity index is 2.53. The Hall–Kier alpha value is -1.00. The van der Waals surface area contributed by atoms with Crippen LogP contribution < -0.4 is 0 Å². The summed E-state index contributed by atoms with van der Waals surface area (Å²) in [6, 6.07) is 6.55. The third-order valence-electron chi connectivity index (χ3n) is 1.98. The molecule has 1 N–H and O–H groups in total. The summed E-state index contributed by atoms with van der Waals surface area (Å²) in [4.78, 5) is 22.2. The van der Waals surface area contributed by atoms with Crippen LogP contribution in [0.5, 0.6) is 0 Å². The normalized spacial score (nSPS) is 12.1. The Morgan fingerprint density at radius 1 is 1.38 bits per heavy atom. The highest BCUT2D eigenvalue weighted by Crippen LogP contribution is 2.15. The van der Waals surface area contributed by atoms with Gasteiger partial charge >= 0.3 is 5.97 Å². The second-order valence-electron chi connectivity index (χ2n) is 3.22. The molecule has 0 saturated heterocycles. The van der Waals surface area contributed by atoms with Crippen LogP contribution in [-0.2, 0) is 4.79 Å². The summed E-state index contributed by atoms with van der Waals surface area (Å²) >= 11 is 6.80. The number of carboxylic acids is 1. The lowest BCUT2D eigenvalue weighted by atomic mass is 10.1. The van der Waals surface area contributed by atoms with Crippen molar-refractivity contribution in [1.29, 1.82) is 0 Å². The van der Waals surface area contributed by atoms with Gasteiger partial charge in [-0.05, 0) is 31.2 Å². The number of halogens is 1. The van der Waals surface area contributed by atoms with E-state index >= 15 is 0 Å². The van der Waals surface area contributed by atoms with Gasteiger partial charge in [0, 0.05) is 10.6 Å². The van der Waals surface area contributed by atoms with E-state index in [9.17, 15) is 9.59 Å². The largest absolute Gasteiger partial charge is 0.480 e. The predicted molar refractivity (Wildman–Crippen MR) is 65.3 cm³/mol. The van der Waals surface area contributed by atoms with Crippen LogP contribution in [0.3, 0.4) is 0 Å². The number of aliphatic carboxylic acids is 1. The van der Waals surface area contributed by atoms with Gasteiger partial charge in [-0.25, -0.2) is 0 Å². The zero-order chi connectivity index (χ0) is 12.1. The van der Waals surface area contributed by atoms with E-state index in [1.807, 2.05) is 0 Å². The lowest BCUT2D eigenvalue weighted by molar-refractivity contribution is -0.136. The van der Waals surface area contributed by atoms with Crippen molar-refractivity contribution in [3.05, 3.63) is 34.9 Å². The van der Waals surface area contributed by atoms with E-state index < -0.39 is 11.2 Å². The Labute approximate surface area is 103 Å². The molecule has 0 fully saturated rings. The van der Waals surface area contributed by atoms with Gasteiger partial charge in [-0.2, -0.15) is 0 Å². The number of benzene rings is 1. The highest BCUT2D eigenvalue weighted by molar-refractivity contribution is 8.01. The molecule has 0 unspecified atom stereocenters. The molecule has 5 heteroatoms. The smallest absolute Gasteiger partial charge is 0.316 e. The molecule has 0 bridgehead atoms. The lowest BCUT2D eigenvalue weighted by Crippen LogP contribution is -2.14. The monoisotopic (exact) mass is 258 g/mol. The van der Waals surface area contributed by atoms with Gasteiger partial charge in [0.25, 0.3) is 0 Å². The number of carboxylic acid groups (broad SMARTS) is 1. The summed E-state index contributed by atoms with van der Waals surface area (Å²) in [5, 5.41) is 8.65. The van der Waals surface area contributed by atoms with Crippen LogP contribution in [0.25, 0.3) is 0 Å². The molecule has 3 nitrogen and oxygen atoms in total. The molecular weight excluding hydrogens is 248 g/mol. The second-order valence-corrected chi connectivity index (χ2v) is 4.99. The number of carbonyl (C=O) groups excluding carboxylic acids is 1. The van der Waals surface area contributed by atoms with E-state index in [4.69, 9.17) is 16.7 Å². The molecule has 1 rings (SSSR count). The Bertz CT molecular complexity index is 389. The van der Waals surface area contributed by atoms with Gasteiger partial charge in [0.1, 0.15) is 0 Å². The van der Waals surface area contributed by atoms with Crippen molar-refractivity contribution in [2.24, 2.45) is 0 Å². The fourth-order valence-corrected chi connectivity index (χ4v) is 1.83. The fraction of sp³-hybridized carbons (Fsp3) is 0.273. The van der Waals surface area contributed by atoms with Gasteiger partial charge in [0.15, 0.2) is 5.78 Å². The maximum absolute atomic E-state index is 11.6. The van der Waals surface area contributed by atoms with E-state index in [0.717, 1.165) is 11.8 Å². The van der Waals surface area contributed by atoms with Crippen LogP contribution in [0.2, 0.25) is 5.02 Å². The predicted octanol–water partition coefficient (Wildman–Crippen LogP) is 2.73. The summed E-state index contributed by atoms with van der Waals surface area (Å²) in [6.45, 7) is 1.56. The molecule has 1 aromatic carbocycles. The van der Waals surface area contributed by atoms with Crippen molar-refractivity contribution < 1.29 is 14.7 Å². The van der Waals surface area contributed by atoms with Gasteiger partial charge in [-0.15, -0.1) is 11.8 Å².